The Labute approximate surface area is 85.5 Å². The van der Waals surface area contributed by atoms with E-state index in [2.05, 4.69) is 0 Å². The van der Waals surface area contributed by atoms with Crippen molar-refractivity contribution < 1.29 is 14.8 Å². The van der Waals surface area contributed by atoms with Crippen molar-refractivity contribution in [1.82, 2.24) is 0 Å². The minimum absolute atomic E-state index is 0.0973. The van der Waals surface area contributed by atoms with Crippen LogP contribution >= 0.6 is 0 Å². The van der Waals surface area contributed by atoms with Crippen molar-refractivity contribution in [1.29, 1.82) is 0 Å². The summed E-state index contributed by atoms with van der Waals surface area (Å²) in [6.45, 7) is 1.33. The second-order valence-corrected chi connectivity index (χ2v) is 3.31. The van der Waals surface area contributed by atoms with Gasteiger partial charge in [-0.3, -0.25) is 10.1 Å². The van der Waals surface area contributed by atoms with Crippen LogP contribution in [0.25, 0.3) is 0 Å². The molecule has 1 aromatic rings. The predicted molar refractivity (Wildman–Crippen MR) is 52.3 cm³/mol. The summed E-state index contributed by atoms with van der Waals surface area (Å²) in [5, 5.41) is 19.2. The van der Waals surface area contributed by atoms with Crippen LogP contribution in [-0.4, -0.2) is 16.0 Å². The van der Waals surface area contributed by atoms with Crippen LogP contribution in [0.4, 0.5) is 5.69 Å². The van der Waals surface area contributed by atoms with E-state index in [0.29, 0.717) is 5.56 Å². The Morgan fingerprint density at radius 1 is 1.47 bits per heavy atom. The number of hydrogen-bond donors (Lipinski definition) is 2. The van der Waals surface area contributed by atoms with Crippen molar-refractivity contribution in [3.05, 3.63) is 39.9 Å². The molecule has 0 aliphatic carbocycles. The Hall–Kier alpha value is -1.95. The molecule has 0 saturated heterocycles. The lowest BCUT2D eigenvalue weighted by Crippen LogP contribution is -2.41. The summed E-state index contributed by atoms with van der Waals surface area (Å²) < 4.78 is 0. The smallest absolute Gasteiger partial charge is 0.328 e. The van der Waals surface area contributed by atoms with Crippen LogP contribution in [0.5, 0.6) is 0 Å². The molecule has 0 fully saturated rings. The number of benzene rings is 1. The number of nitro groups is 1. The molecule has 1 aromatic carbocycles. The number of carboxylic acid groups (broad SMARTS) is 1. The van der Waals surface area contributed by atoms with Gasteiger partial charge in [-0.25, -0.2) is 4.79 Å². The largest absolute Gasteiger partial charge is 0.480 e. The van der Waals surface area contributed by atoms with Gasteiger partial charge >= 0.3 is 5.97 Å². The third-order valence-corrected chi connectivity index (χ3v) is 2.12. The summed E-state index contributed by atoms with van der Waals surface area (Å²) >= 11 is 0. The molecule has 0 saturated carbocycles. The first-order chi connectivity index (χ1) is 6.85. The molecule has 1 rings (SSSR count). The van der Waals surface area contributed by atoms with Crippen LogP contribution in [0, 0.1) is 10.1 Å². The minimum Gasteiger partial charge on any atom is -0.480 e. The van der Waals surface area contributed by atoms with Crippen LogP contribution in [0.15, 0.2) is 24.3 Å². The predicted octanol–water partition coefficient (Wildman–Crippen LogP) is 0.853. The number of carboxylic acids is 1. The molecule has 1 unspecified atom stereocenters. The van der Waals surface area contributed by atoms with Crippen molar-refractivity contribution in [3.8, 4) is 0 Å². The van der Waals surface area contributed by atoms with E-state index in [9.17, 15) is 14.9 Å². The van der Waals surface area contributed by atoms with E-state index in [1.54, 1.807) is 0 Å². The maximum absolute atomic E-state index is 10.8. The Morgan fingerprint density at radius 3 is 2.27 bits per heavy atom. The average molecular weight is 210 g/mol. The van der Waals surface area contributed by atoms with Crippen molar-refractivity contribution in [3.63, 3.8) is 0 Å². The summed E-state index contributed by atoms with van der Waals surface area (Å²) in [6.07, 6.45) is 0. The van der Waals surface area contributed by atoms with Crippen molar-refractivity contribution in [2.75, 3.05) is 0 Å². The summed E-state index contributed by atoms with van der Waals surface area (Å²) in [6, 6.07) is 5.13. The monoisotopic (exact) mass is 210 g/mol. The van der Waals surface area contributed by atoms with E-state index in [4.69, 9.17) is 10.8 Å². The maximum Gasteiger partial charge on any atom is 0.328 e. The first-order valence-electron chi connectivity index (χ1n) is 4.13. The molecule has 0 aliphatic heterocycles. The second kappa shape index (κ2) is 3.66. The molecule has 0 spiro atoms. The van der Waals surface area contributed by atoms with Crippen LogP contribution in [-0.2, 0) is 10.3 Å². The summed E-state index contributed by atoms with van der Waals surface area (Å²) in [7, 11) is 0. The number of rotatable bonds is 3. The number of aliphatic carboxylic acids is 1. The standard InChI is InChI=1S/C9H10N2O4/c1-9(10,8(12)13)6-2-4-7(5-3-6)11(14)15/h2-5H,10H2,1H3,(H,12,13). The van der Waals surface area contributed by atoms with Crippen LogP contribution in [0.2, 0.25) is 0 Å². The van der Waals surface area contributed by atoms with Gasteiger partial charge in [0.2, 0.25) is 0 Å². The fourth-order valence-electron chi connectivity index (χ4n) is 1.05. The third kappa shape index (κ3) is 2.10. The summed E-state index contributed by atoms with van der Waals surface area (Å²) in [5.74, 6) is -1.18. The highest BCUT2D eigenvalue weighted by atomic mass is 16.6. The fraction of sp³-hybridized carbons (Fsp3) is 0.222. The molecule has 1 atom stereocenters. The lowest BCUT2D eigenvalue weighted by molar-refractivity contribution is -0.384. The van der Waals surface area contributed by atoms with Gasteiger partial charge in [0, 0.05) is 12.1 Å². The van der Waals surface area contributed by atoms with Crippen LogP contribution in [0.3, 0.4) is 0 Å². The number of carbonyl (C=O) groups is 1. The van der Waals surface area contributed by atoms with E-state index in [-0.39, 0.29) is 5.69 Å². The Morgan fingerprint density at radius 2 is 1.93 bits per heavy atom. The van der Waals surface area contributed by atoms with Crippen molar-refractivity contribution in [2.24, 2.45) is 5.73 Å². The average Bonchev–Trinajstić information content (AvgIpc) is 2.17. The molecular formula is C9H10N2O4. The van der Waals surface area contributed by atoms with Crippen LogP contribution in [0.1, 0.15) is 12.5 Å². The first-order valence-corrected chi connectivity index (χ1v) is 4.13. The molecule has 80 valence electrons. The lowest BCUT2D eigenvalue weighted by atomic mass is 9.93. The minimum atomic E-state index is -1.53. The Kier molecular flexibility index (Phi) is 2.71. The van der Waals surface area contributed by atoms with Gasteiger partial charge in [0.15, 0.2) is 0 Å². The van der Waals surface area contributed by atoms with Gasteiger partial charge in [-0.05, 0) is 24.6 Å². The number of hydrogen-bond acceptors (Lipinski definition) is 4. The fourth-order valence-corrected chi connectivity index (χ4v) is 1.05. The van der Waals surface area contributed by atoms with Gasteiger partial charge in [0.1, 0.15) is 5.54 Å². The lowest BCUT2D eigenvalue weighted by Gasteiger charge is -2.19. The van der Waals surface area contributed by atoms with Crippen molar-refractivity contribution in [2.45, 2.75) is 12.5 Å². The molecule has 0 amide bonds. The highest BCUT2D eigenvalue weighted by molar-refractivity contribution is 5.79. The molecule has 6 heteroatoms. The van der Waals surface area contributed by atoms with E-state index in [1.807, 2.05) is 0 Å². The van der Waals surface area contributed by atoms with E-state index >= 15 is 0 Å². The molecule has 3 N–H and O–H groups in total. The summed E-state index contributed by atoms with van der Waals surface area (Å²) in [5.41, 5.74) is 4.23. The number of non-ortho nitro benzene ring substituents is 1. The third-order valence-electron chi connectivity index (χ3n) is 2.12. The normalized spacial score (nSPS) is 14.3. The number of nitrogens with two attached hydrogens (primary N) is 1. The highest BCUT2D eigenvalue weighted by Gasteiger charge is 2.30. The number of nitro benzene ring substituents is 1. The molecule has 0 aromatic heterocycles. The molecule has 15 heavy (non-hydrogen) atoms. The molecule has 0 aliphatic rings. The quantitative estimate of drug-likeness (QED) is 0.568. The van der Waals surface area contributed by atoms with E-state index < -0.39 is 16.4 Å². The Balaban J connectivity index is 3.09. The van der Waals surface area contributed by atoms with Gasteiger partial charge in [-0.15, -0.1) is 0 Å². The SMILES string of the molecule is CC(N)(C(=O)O)c1ccc([N+](=O)[O-])cc1. The van der Waals surface area contributed by atoms with Gasteiger partial charge in [-0.1, -0.05) is 0 Å². The van der Waals surface area contributed by atoms with E-state index in [1.165, 1.54) is 31.2 Å². The zero-order valence-corrected chi connectivity index (χ0v) is 8.01. The van der Waals surface area contributed by atoms with E-state index in [0.717, 1.165) is 0 Å². The molecule has 6 nitrogen and oxygen atoms in total. The maximum atomic E-state index is 10.8. The summed E-state index contributed by atoms with van der Waals surface area (Å²) in [4.78, 5) is 20.6. The zero-order chi connectivity index (χ0) is 11.6. The van der Waals surface area contributed by atoms with Gasteiger partial charge in [-0.2, -0.15) is 0 Å². The van der Waals surface area contributed by atoms with Gasteiger partial charge < -0.3 is 10.8 Å². The van der Waals surface area contributed by atoms with Gasteiger partial charge in [0.05, 0.1) is 4.92 Å². The number of nitrogens with zero attached hydrogens (tertiary/aromatic N) is 1. The topological polar surface area (TPSA) is 106 Å². The molecule has 0 radical (unpaired) electrons. The highest BCUT2D eigenvalue weighted by Crippen LogP contribution is 2.20. The van der Waals surface area contributed by atoms with Gasteiger partial charge in [0.25, 0.3) is 5.69 Å². The first kappa shape index (κ1) is 11.1. The molecular weight excluding hydrogens is 200 g/mol. The molecule has 0 bridgehead atoms. The van der Waals surface area contributed by atoms with Crippen molar-refractivity contribution >= 4 is 11.7 Å². The Bertz CT molecular complexity index is 397. The second-order valence-electron chi connectivity index (χ2n) is 3.31. The zero-order valence-electron chi connectivity index (χ0n) is 8.01. The molecule has 0 heterocycles. The van der Waals surface area contributed by atoms with Crippen LogP contribution < -0.4 is 5.73 Å².